The number of fused-ring (bicyclic) bond motifs is 2. The van der Waals surface area contributed by atoms with Crippen molar-refractivity contribution in [2.75, 3.05) is 11.9 Å². The van der Waals surface area contributed by atoms with Crippen molar-refractivity contribution in [3.05, 3.63) is 48.2 Å². The van der Waals surface area contributed by atoms with Gasteiger partial charge in [0, 0.05) is 29.3 Å². The number of aromatic nitrogens is 1. The quantitative estimate of drug-likeness (QED) is 0.673. The summed E-state index contributed by atoms with van der Waals surface area (Å²) in [4.78, 5) is 3.25. The van der Waals surface area contributed by atoms with E-state index in [-0.39, 0.29) is 0 Å². The summed E-state index contributed by atoms with van der Waals surface area (Å²) in [6, 6.07) is 10.2. The minimum absolute atomic E-state index is 0.868. The minimum Gasteiger partial charge on any atom is -0.456 e. The van der Waals surface area contributed by atoms with Crippen LogP contribution in [0.2, 0.25) is 0 Å². The summed E-state index contributed by atoms with van der Waals surface area (Å²) in [7, 11) is 0. The summed E-state index contributed by atoms with van der Waals surface area (Å²) in [5, 5.41) is 4.44. The number of para-hydroxylation sites is 1. The van der Waals surface area contributed by atoms with Crippen molar-refractivity contribution in [1.29, 1.82) is 0 Å². The number of anilines is 1. The van der Waals surface area contributed by atoms with Crippen molar-refractivity contribution in [1.82, 2.24) is 4.98 Å². The molecule has 0 atom stereocenters. The van der Waals surface area contributed by atoms with Crippen LogP contribution in [0.4, 0.5) is 5.82 Å². The van der Waals surface area contributed by atoms with Crippen LogP contribution >= 0.6 is 0 Å². The van der Waals surface area contributed by atoms with Crippen LogP contribution < -0.4 is 5.32 Å². The van der Waals surface area contributed by atoms with Crippen molar-refractivity contribution in [3.63, 3.8) is 0 Å². The molecule has 4 rings (SSSR count). The van der Waals surface area contributed by atoms with Crippen molar-refractivity contribution in [2.24, 2.45) is 0 Å². The molecule has 0 radical (unpaired) electrons. The van der Waals surface area contributed by atoms with Crippen molar-refractivity contribution in [3.8, 4) is 11.3 Å². The Morgan fingerprint density at radius 1 is 1.17 bits per heavy atom. The summed E-state index contributed by atoms with van der Waals surface area (Å²) in [5.41, 5.74) is 3.19. The lowest BCUT2D eigenvalue weighted by atomic mass is 10.1. The van der Waals surface area contributed by atoms with Crippen LogP contribution in [0, 0.1) is 0 Å². The number of rotatable bonds is 1. The van der Waals surface area contributed by atoms with Gasteiger partial charge in [-0.15, -0.1) is 0 Å². The monoisotopic (exact) mass is 236 g/mol. The number of hydrogen-bond acceptors (Lipinski definition) is 2. The summed E-state index contributed by atoms with van der Waals surface area (Å²) >= 11 is 0. The Balaban J connectivity index is 1.93. The van der Waals surface area contributed by atoms with Gasteiger partial charge in [-0.1, -0.05) is 30.4 Å². The molecule has 1 aliphatic heterocycles. The van der Waals surface area contributed by atoms with Crippen molar-refractivity contribution < 1.29 is 4.42 Å². The predicted molar refractivity (Wildman–Crippen MR) is 73.5 cm³/mol. The topological polar surface area (TPSA) is 41.0 Å². The third-order valence-electron chi connectivity index (χ3n) is 3.29. The molecule has 0 amide bonds. The molecule has 0 bridgehead atoms. The second-order valence-corrected chi connectivity index (χ2v) is 4.42. The van der Waals surface area contributed by atoms with E-state index in [0.717, 1.165) is 34.7 Å². The van der Waals surface area contributed by atoms with E-state index >= 15 is 0 Å². The molecule has 88 valence electrons. The molecule has 2 aromatic heterocycles. The van der Waals surface area contributed by atoms with E-state index in [9.17, 15) is 0 Å². The smallest absolute Gasteiger partial charge is 0.137 e. The van der Waals surface area contributed by atoms with Gasteiger partial charge in [-0.2, -0.15) is 0 Å². The van der Waals surface area contributed by atoms with Crippen LogP contribution in [0.5, 0.6) is 0 Å². The van der Waals surface area contributed by atoms with E-state index in [1.807, 2.05) is 24.4 Å². The van der Waals surface area contributed by atoms with Gasteiger partial charge >= 0.3 is 0 Å². The Bertz CT molecular complexity index is 716. The molecular formula is C15H12N2O. The van der Waals surface area contributed by atoms with Gasteiger partial charge in [-0.25, -0.2) is 0 Å². The van der Waals surface area contributed by atoms with Gasteiger partial charge in [0.15, 0.2) is 0 Å². The van der Waals surface area contributed by atoms with Gasteiger partial charge in [-0.05, 0) is 12.1 Å². The van der Waals surface area contributed by atoms with E-state index in [4.69, 9.17) is 4.42 Å². The SMILES string of the molecule is C1=Cc2c(-c3cc4ccccc4o3)c[nH]c2NC1. The molecule has 1 aromatic carbocycles. The van der Waals surface area contributed by atoms with Gasteiger partial charge in [0.2, 0.25) is 0 Å². The largest absolute Gasteiger partial charge is 0.456 e. The van der Waals surface area contributed by atoms with Crippen LogP contribution in [-0.2, 0) is 0 Å². The van der Waals surface area contributed by atoms with Gasteiger partial charge in [0.1, 0.15) is 17.2 Å². The van der Waals surface area contributed by atoms with Crippen LogP contribution in [0.15, 0.2) is 47.0 Å². The Kier molecular flexibility index (Phi) is 1.88. The summed E-state index contributed by atoms with van der Waals surface area (Å²) < 4.78 is 5.90. The Morgan fingerprint density at radius 2 is 2.11 bits per heavy atom. The highest BCUT2D eigenvalue weighted by Gasteiger charge is 2.15. The first-order chi connectivity index (χ1) is 8.92. The second-order valence-electron chi connectivity index (χ2n) is 4.42. The zero-order valence-electron chi connectivity index (χ0n) is 9.73. The number of hydrogen-bond donors (Lipinski definition) is 2. The van der Waals surface area contributed by atoms with Gasteiger partial charge in [-0.3, -0.25) is 0 Å². The summed E-state index contributed by atoms with van der Waals surface area (Å²) in [5.74, 6) is 1.97. The lowest BCUT2D eigenvalue weighted by Gasteiger charge is -2.08. The number of H-pyrrole nitrogens is 1. The zero-order valence-corrected chi connectivity index (χ0v) is 9.73. The normalized spacial score (nSPS) is 13.6. The fourth-order valence-electron chi connectivity index (χ4n) is 2.41. The number of furan rings is 1. The Morgan fingerprint density at radius 3 is 3.06 bits per heavy atom. The highest BCUT2D eigenvalue weighted by molar-refractivity contribution is 5.87. The first-order valence-corrected chi connectivity index (χ1v) is 6.02. The number of nitrogens with one attached hydrogen (secondary N) is 2. The average molecular weight is 236 g/mol. The van der Waals surface area contributed by atoms with Gasteiger partial charge in [0.25, 0.3) is 0 Å². The molecule has 0 unspecified atom stereocenters. The molecule has 3 nitrogen and oxygen atoms in total. The highest BCUT2D eigenvalue weighted by Crippen LogP contribution is 2.35. The maximum atomic E-state index is 5.90. The highest BCUT2D eigenvalue weighted by atomic mass is 16.3. The maximum Gasteiger partial charge on any atom is 0.137 e. The Hall–Kier alpha value is -2.42. The third kappa shape index (κ3) is 1.31. The molecule has 2 N–H and O–H groups in total. The van der Waals surface area contributed by atoms with Crippen LogP contribution in [0.25, 0.3) is 28.4 Å². The van der Waals surface area contributed by atoms with Gasteiger partial charge < -0.3 is 14.7 Å². The van der Waals surface area contributed by atoms with Crippen molar-refractivity contribution in [2.45, 2.75) is 0 Å². The van der Waals surface area contributed by atoms with E-state index in [1.165, 1.54) is 5.56 Å². The summed E-state index contributed by atoms with van der Waals surface area (Å²) in [6.45, 7) is 0.868. The van der Waals surface area contributed by atoms with Gasteiger partial charge in [0.05, 0.1) is 0 Å². The van der Waals surface area contributed by atoms with Crippen LogP contribution in [0.1, 0.15) is 5.56 Å². The Labute approximate surface area is 104 Å². The van der Waals surface area contributed by atoms with Crippen LogP contribution in [0.3, 0.4) is 0 Å². The minimum atomic E-state index is 0.868. The van der Waals surface area contributed by atoms with E-state index in [1.54, 1.807) is 0 Å². The number of aromatic amines is 1. The van der Waals surface area contributed by atoms with E-state index in [0.29, 0.717) is 0 Å². The average Bonchev–Trinajstić information content (AvgIpc) is 3.02. The lowest BCUT2D eigenvalue weighted by Crippen LogP contribution is -2.03. The lowest BCUT2D eigenvalue weighted by molar-refractivity contribution is 0.631. The predicted octanol–water partition coefficient (Wildman–Crippen LogP) is 3.87. The molecule has 18 heavy (non-hydrogen) atoms. The van der Waals surface area contributed by atoms with E-state index in [2.05, 4.69) is 34.6 Å². The molecule has 3 heteroatoms. The number of benzene rings is 1. The van der Waals surface area contributed by atoms with Crippen molar-refractivity contribution >= 4 is 22.9 Å². The fourth-order valence-corrected chi connectivity index (χ4v) is 2.41. The first kappa shape index (κ1) is 9.59. The molecule has 0 fully saturated rings. The fraction of sp³-hybridized carbons (Fsp3) is 0.0667. The standard InChI is InChI=1S/C15H12N2O/c1-2-6-13-10(4-1)8-14(18-13)12-9-17-15-11(12)5-3-7-16-15/h1-6,8-9,16-17H,7H2. The molecular weight excluding hydrogens is 224 g/mol. The second kappa shape index (κ2) is 3.53. The molecule has 1 aliphatic rings. The molecule has 0 aliphatic carbocycles. The maximum absolute atomic E-state index is 5.90. The van der Waals surface area contributed by atoms with Crippen LogP contribution in [-0.4, -0.2) is 11.5 Å². The molecule has 3 heterocycles. The molecule has 0 spiro atoms. The summed E-state index contributed by atoms with van der Waals surface area (Å²) in [6.07, 6.45) is 6.23. The van der Waals surface area contributed by atoms with E-state index < -0.39 is 0 Å². The molecule has 0 saturated heterocycles. The third-order valence-corrected chi connectivity index (χ3v) is 3.29. The molecule has 3 aromatic rings. The molecule has 0 saturated carbocycles. The first-order valence-electron chi connectivity index (χ1n) is 6.02. The zero-order chi connectivity index (χ0) is 11.9.